The van der Waals surface area contributed by atoms with Crippen LogP contribution in [0, 0.1) is 5.92 Å². The molecule has 0 bridgehead atoms. The number of ether oxygens (including phenoxy) is 2. The van der Waals surface area contributed by atoms with Crippen LogP contribution in [-0.2, 0) is 0 Å². The van der Waals surface area contributed by atoms with Gasteiger partial charge in [-0.05, 0) is 56.0 Å². The third-order valence-corrected chi connectivity index (χ3v) is 4.81. The van der Waals surface area contributed by atoms with Crippen LogP contribution >= 0.6 is 0 Å². The molecule has 1 unspecified atom stereocenters. The minimum Gasteiger partial charge on any atom is -0.493 e. The summed E-state index contributed by atoms with van der Waals surface area (Å²) in [5.74, 6) is 2.46. The van der Waals surface area contributed by atoms with Crippen LogP contribution in [0.15, 0.2) is 18.2 Å². The van der Waals surface area contributed by atoms with E-state index in [1.54, 1.807) is 7.11 Å². The molecular weight excluding hydrogens is 288 g/mol. The minimum atomic E-state index is 0.265. The number of piperidine rings is 1. The number of unbranched alkanes of at least 4 members (excludes halogenated alkanes) is 1. The second kappa shape index (κ2) is 9.14. The lowest BCUT2D eigenvalue weighted by Gasteiger charge is -2.36. The first-order valence-corrected chi connectivity index (χ1v) is 8.94. The Labute approximate surface area is 140 Å². The summed E-state index contributed by atoms with van der Waals surface area (Å²) >= 11 is 0. The van der Waals surface area contributed by atoms with Crippen molar-refractivity contribution in [1.82, 2.24) is 4.90 Å². The predicted octanol–water partition coefficient (Wildman–Crippen LogP) is 3.61. The summed E-state index contributed by atoms with van der Waals surface area (Å²) in [5.41, 5.74) is 7.31. The molecule has 0 aromatic heterocycles. The summed E-state index contributed by atoms with van der Waals surface area (Å²) in [6, 6.07) is 6.52. The lowest BCUT2D eigenvalue weighted by molar-refractivity contribution is 0.141. The second-order valence-corrected chi connectivity index (χ2v) is 6.58. The maximum Gasteiger partial charge on any atom is 0.161 e. The van der Waals surface area contributed by atoms with Crippen molar-refractivity contribution in [1.29, 1.82) is 0 Å². The average molecular weight is 320 g/mol. The highest BCUT2D eigenvalue weighted by molar-refractivity contribution is 5.44. The number of rotatable bonds is 8. The van der Waals surface area contributed by atoms with Crippen molar-refractivity contribution in [2.24, 2.45) is 11.7 Å². The molecule has 2 rings (SSSR count). The molecule has 1 aromatic carbocycles. The Kier molecular flexibility index (Phi) is 7.18. The van der Waals surface area contributed by atoms with Crippen molar-refractivity contribution < 1.29 is 9.47 Å². The molecule has 4 nitrogen and oxygen atoms in total. The van der Waals surface area contributed by atoms with E-state index in [1.807, 2.05) is 6.07 Å². The van der Waals surface area contributed by atoms with Crippen molar-refractivity contribution in [3.8, 4) is 11.5 Å². The summed E-state index contributed by atoms with van der Waals surface area (Å²) in [5, 5.41) is 0. The smallest absolute Gasteiger partial charge is 0.161 e. The predicted molar refractivity (Wildman–Crippen MR) is 95.2 cm³/mol. The molecular formula is C19H32N2O2. The van der Waals surface area contributed by atoms with Gasteiger partial charge >= 0.3 is 0 Å². The molecule has 1 heterocycles. The Morgan fingerprint density at radius 1 is 1.26 bits per heavy atom. The maximum atomic E-state index is 6.08. The molecule has 0 radical (unpaired) electrons. The van der Waals surface area contributed by atoms with E-state index in [-0.39, 0.29) is 6.04 Å². The van der Waals surface area contributed by atoms with Crippen LogP contribution in [0.5, 0.6) is 11.5 Å². The highest BCUT2D eigenvalue weighted by Gasteiger charge is 2.24. The lowest BCUT2D eigenvalue weighted by Crippen LogP contribution is -2.39. The standard InChI is InChI=1S/C19H32N2O2/c1-4-5-12-23-18-7-6-16(13-19(18)22-3)17(14-20)21-10-8-15(2)9-11-21/h6-7,13,15,17H,4-5,8-12,14,20H2,1-3H3. The minimum absolute atomic E-state index is 0.265. The molecule has 130 valence electrons. The van der Waals surface area contributed by atoms with Crippen LogP contribution in [-0.4, -0.2) is 38.3 Å². The van der Waals surface area contributed by atoms with Gasteiger partial charge in [0.05, 0.1) is 13.7 Å². The van der Waals surface area contributed by atoms with E-state index in [1.165, 1.54) is 18.4 Å². The second-order valence-electron chi connectivity index (χ2n) is 6.58. The Bertz CT molecular complexity index is 470. The summed E-state index contributed by atoms with van der Waals surface area (Å²) in [6.07, 6.45) is 4.70. The van der Waals surface area contributed by atoms with E-state index in [0.29, 0.717) is 6.54 Å². The van der Waals surface area contributed by atoms with Crippen molar-refractivity contribution in [2.45, 2.75) is 45.6 Å². The van der Waals surface area contributed by atoms with Gasteiger partial charge in [-0.15, -0.1) is 0 Å². The third-order valence-electron chi connectivity index (χ3n) is 4.81. The first kappa shape index (κ1) is 18.1. The fourth-order valence-electron chi connectivity index (χ4n) is 3.17. The summed E-state index contributed by atoms with van der Waals surface area (Å²) < 4.78 is 11.4. The number of nitrogens with zero attached hydrogens (tertiary/aromatic N) is 1. The van der Waals surface area contributed by atoms with Gasteiger partial charge in [0.1, 0.15) is 0 Å². The zero-order valence-corrected chi connectivity index (χ0v) is 14.9. The van der Waals surface area contributed by atoms with Gasteiger partial charge in [-0.1, -0.05) is 26.3 Å². The molecule has 1 fully saturated rings. The molecule has 1 atom stereocenters. The van der Waals surface area contributed by atoms with Gasteiger partial charge in [0.2, 0.25) is 0 Å². The Balaban J connectivity index is 2.10. The summed E-state index contributed by atoms with van der Waals surface area (Å²) in [4.78, 5) is 2.51. The quantitative estimate of drug-likeness (QED) is 0.743. The molecule has 1 aliphatic rings. The molecule has 1 aromatic rings. The highest BCUT2D eigenvalue weighted by atomic mass is 16.5. The molecule has 0 amide bonds. The molecule has 23 heavy (non-hydrogen) atoms. The third kappa shape index (κ3) is 4.85. The van der Waals surface area contributed by atoms with Gasteiger partial charge in [-0.3, -0.25) is 4.90 Å². The van der Waals surface area contributed by atoms with Crippen molar-refractivity contribution in [3.05, 3.63) is 23.8 Å². The largest absolute Gasteiger partial charge is 0.493 e. The van der Waals surface area contributed by atoms with Crippen LogP contribution in [0.4, 0.5) is 0 Å². The van der Waals surface area contributed by atoms with Gasteiger partial charge in [0.15, 0.2) is 11.5 Å². The first-order chi connectivity index (χ1) is 11.2. The van der Waals surface area contributed by atoms with Gasteiger partial charge < -0.3 is 15.2 Å². The highest BCUT2D eigenvalue weighted by Crippen LogP contribution is 2.33. The topological polar surface area (TPSA) is 47.7 Å². The Hall–Kier alpha value is -1.26. The normalized spacial score (nSPS) is 17.9. The molecule has 1 aliphatic heterocycles. The van der Waals surface area contributed by atoms with Crippen LogP contribution in [0.3, 0.4) is 0 Å². The van der Waals surface area contributed by atoms with Crippen molar-refractivity contribution in [2.75, 3.05) is 33.4 Å². The van der Waals surface area contributed by atoms with E-state index in [9.17, 15) is 0 Å². The molecule has 4 heteroatoms. The number of hydrogen-bond donors (Lipinski definition) is 1. The molecule has 1 saturated heterocycles. The van der Waals surface area contributed by atoms with Gasteiger partial charge in [0, 0.05) is 12.6 Å². The van der Waals surface area contributed by atoms with Gasteiger partial charge in [-0.25, -0.2) is 0 Å². The van der Waals surface area contributed by atoms with Crippen LogP contribution in [0.2, 0.25) is 0 Å². The van der Waals surface area contributed by atoms with E-state index in [4.69, 9.17) is 15.2 Å². The number of likely N-dealkylation sites (tertiary alicyclic amines) is 1. The molecule has 0 saturated carbocycles. The van der Waals surface area contributed by atoms with Crippen molar-refractivity contribution >= 4 is 0 Å². The number of nitrogens with two attached hydrogens (primary N) is 1. The average Bonchev–Trinajstić information content (AvgIpc) is 2.58. The first-order valence-electron chi connectivity index (χ1n) is 8.94. The van der Waals surface area contributed by atoms with E-state index < -0.39 is 0 Å². The Morgan fingerprint density at radius 3 is 2.61 bits per heavy atom. The Morgan fingerprint density at radius 2 is 2.00 bits per heavy atom. The molecule has 0 aliphatic carbocycles. The fraction of sp³-hybridized carbons (Fsp3) is 0.684. The van der Waals surface area contributed by atoms with E-state index in [0.717, 1.165) is 50.0 Å². The number of hydrogen-bond acceptors (Lipinski definition) is 4. The number of benzene rings is 1. The van der Waals surface area contributed by atoms with Gasteiger partial charge in [0.25, 0.3) is 0 Å². The maximum absolute atomic E-state index is 6.08. The summed E-state index contributed by atoms with van der Waals surface area (Å²) in [7, 11) is 1.70. The fourth-order valence-corrected chi connectivity index (χ4v) is 3.17. The SMILES string of the molecule is CCCCOc1ccc(C(CN)N2CCC(C)CC2)cc1OC. The van der Waals surface area contributed by atoms with Crippen LogP contribution in [0.1, 0.15) is 51.1 Å². The molecule has 2 N–H and O–H groups in total. The zero-order chi connectivity index (χ0) is 16.7. The number of methoxy groups -OCH3 is 1. The lowest BCUT2D eigenvalue weighted by atomic mass is 9.95. The van der Waals surface area contributed by atoms with E-state index >= 15 is 0 Å². The molecule has 0 spiro atoms. The zero-order valence-electron chi connectivity index (χ0n) is 14.9. The van der Waals surface area contributed by atoms with Crippen LogP contribution < -0.4 is 15.2 Å². The van der Waals surface area contributed by atoms with Gasteiger partial charge in [-0.2, -0.15) is 0 Å². The van der Waals surface area contributed by atoms with Crippen LogP contribution in [0.25, 0.3) is 0 Å². The van der Waals surface area contributed by atoms with E-state index in [2.05, 4.69) is 30.9 Å². The van der Waals surface area contributed by atoms with Crippen molar-refractivity contribution in [3.63, 3.8) is 0 Å². The monoisotopic (exact) mass is 320 g/mol. The summed E-state index contributed by atoms with van der Waals surface area (Å²) in [6.45, 7) is 8.11.